The Hall–Kier alpha value is -1.56. The zero-order valence-electron chi connectivity index (χ0n) is 8.26. The van der Waals surface area contributed by atoms with Crippen LogP contribution >= 0.6 is 11.8 Å². The van der Waals surface area contributed by atoms with Crippen molar-refractivity contribution in [2.45, 2.75) is 11.9 Å². The number of carbonyl (C=O) groups is 1. The Morgan fingerprint density at radius 2 is 2.27 bits per heavy atom. The molecule has 0 aliphatic carbocycles. The predicted octanol–water partition coefficient (Wildman–Crippen LogP) is 1.46. The number of hydrogen-bond acceptors (Lipinski definition) is 4. The molecule has 0 radical (unpaired) electrons. The van der Waals surface area contributed by atoms with Crippen LogP contribution in [0.2, 0.25) is 0 Å². The number of hydrogen-bond donors (Lipinski definition) is 1. The van der Waals surface area contributed by atoms with Gasteiger partial charge in [-0.05, 0) is 13.2 Å². The summed E-state index contributed by atoms with van der Waals surface area (Å²) >= 11 is 1.50. The number of imidazole rings is 1. The first-order valence-corrected chi connectivity index (χ1v) is 5.48. The van der Waals surface area contributed by atoms with Gasteiger partial charge in [-0.15, -0.1) is 11.8 Å². The van der Waals surface area contributed by atoms with Crippen LogP contribution in [0, 0.1) is 6.92 Å². The van der Waals surface area contributed by atoms with Gasteiger partial charge < -0.3 is 5.11 Å². The Bertz CT molecular complexity index is 535. The van der Waals surface area contributed by atoms with Crippen LogP contribution in [0.5, 0.6) is 0 Å². The van der Waals surface area contributed by atoms with Gasteiger partial charge in [-0.2, -0.15) is 0 Å². The number of nitrogens with zero attached hydrogens (tertiary/aromatic N) is 3. The molecule has 2 rings (SSSR count). The molecule has 1 N–H and O–H groups in total. The molecule has 2 aromatic heterocycles. The Labute approximate surface area is 90.2 Å². The van der Waals surface area contributed by atoms with Gasteiger partial charge in [0.2, 0.25) is 0 Å². The molecule has 0 unspecified atom stereocenters. The standard InChI is InChI=1S/C9H9N3O2S/c1-5-10-8(15-2)3-7-11-6(9(13)14)4-12(5)7/h3-4H,1-2H3,(H,13,14). The number of aryl methyl sites for hydroxylation is 1. The van der Waals surface area contributed by atoms with Gasteiger partial charge in [-0.25, -0.2) is 14.8 Å². The van der Waals surface area contributed by atoms with E-state index in [1.165, 1.54) is 18.0 Å². The summed E-state index contributed by atoms with van der Waals surface area (Å²) in [5.41, 5.74) is 0.655. The highest BCUT2D eigenvalue weighted by Crippen LogP contribution is 2.16. The second kappa shape index (κ2) is 3.54. The maximum atomic E-state index is 10.7. The van der Waals surface area contributed by atoms with Gasteiger partial charge in [0.15, 0.2) is 5.69 Å². The summed E-state index contributed by atoms with van der Waals surface area (Å²) in [5.74, 6) is -0.291. The van der Waals surface area contributed by atoms with E-state index in [0.717, 1.165) is 10.9 Å². The van der Waals surface area contributed by atoms with E-state index in [0.29, 0.717) is 5.65 Å². The first-order valence-electron chi connectivity index (χ1n) is 4.26. The Morgan fingerprint density at radius 1 is 1.53 bits per heavy atom. The van der Waals surface area contributed by atoms with Crippen LogP contribution in [-0.2, 0) is 0 Å². The van der Waals surface area contributed by atoms with Crippen molar-refractivity contribution in [2.24, 2.45) is 0 Å². The predicted molar refractivity (Wildman–Crippen MR) is 56.5 cm³/mol. The fourth-order valence-corrected chi connectivity index (χ4v) is 1.77. The SMILES string of the molecule is CSc1cc2nc(C(=O)O)cn2c(C)n1. The van der Waals surface area contributed by atoms with Crippen molar-refractivity contribution in [3.8, 4) is 0 Å². The minimum Gasteiger partial charge on any atom is -0.476 e. The lowest BCUT2D eigenvalue weighted by Crippen LogP contribution is -1.95. The largest absolute Gasteiger partial charge is 0.476 e. The molecule has 78 valence electrons. The molecule has 0 amide bonds. The van der Waals surface area contributed by atoms with Gasteiger partial charge in [-0.1, -0.05) is 0 Å². The summed E-state index contributed by atoms with van der Waals surface area (Å²) in [7, 11) is 0. The number of aromatic nitrogens is 3. The normalized spacial score (nSPS) is 10.8. The van der Waals surface area contributed by atoms with Crippen LogP contribution < -0.4 is 0 Å². The third kappa shape index (κ3) is 1.68. The minimum absolute atomic E-state index is 0.0400. The monoisotopic (exact) mass is 223 g/mol. The van der Waals surface area contributed by atoms with E-state index >= 15 is 0 Å². The van der Waals surface area contributed by atoms with Crippen molar-refractivity contribution in [2.75, 3.05) is 6.26 Å². The van der Waals surface area contributed by atoms with Crippen molar-refractivity contribution >= 4 is 23.4 Å². The molecule has 0 saturated heterocycles. The number of carboxylic acid groups (broad SMARTS) is 1. The highest BCUT2D eigenvalue weighted by Gasteiger charge is 2.10. The van der Waals surface area contributed by atoms with Crippen LogP contribution in [0.25, 0.3) is 5.65 Å². The third-order valence-corrected chi connectivity index (χ3v) is 2.66. The van der Waals surface area contributed by atoms with E-state index < -0.39 is 5.97 Å². The molecule has 0 bridgehead atoms. The lowest BCUT2D eigenvalue weighted by atomic mass is 10.5. The minimum atomic E-state index is -1.02. The van der Waals surface area contributed by atoms with Gasteiger partial charge in [0.1, 0.15) is 16.5 Å². The Morgan fingerprint density at radius 3 is 2.87 bits per heavy atom. The highest BCUT2D eigenvalue weighted by atomic mass is 32.2. The van der Waals surface area contributed by atoms with E-state index in [2.05, 4.69) is 9.97 Å². The topological polar surface area (TPSA) is 67.5 Å². The molecule has 6 heteroatoms. The number of rotatable bonds is 2. The van der Waals surface area contributed by atoms with Crippen LogP contribution in [0.15, 0.2) is 17.3 Å². The zero-order chi connectivity index (χ0) is 11.0. The molecule has 0 aromatic carbocycles. The molecular formula is C9H9N3O2S. The summed E-state index contributed by atoms with van der Waals surface area (Å²) in [5, 5.41) is 9.64. The maximum Gasteiger partial charge on any atom is 0.356 e. The van der Waals surface area contributed by atoms with Crippen molar-refractivity contribution in [3.05, 3.63) is 23.8 Å². The van der Waals surface area contributed by atoms with Crippen molar-refractivity contribution in [1.29, 1.82) is 0 Å². The van der Waals surface area contributed by atoms with Crippen molar-refractivity contribution < 1.29 is 9.90 Å². The first kappa shape index (κ1) is 9.97. The van der Waals surface area contributed by atoms with Crippen LogP contribution in [0.1, 0.15) is 16.3 Å². The zero-order valence-corrected chi connectivity index (χ0v) is 9.08. The van der Waals surface area contributed by atoms with Gasteiger partial charge in [0.05, 0.1) is 0 Å². The lowest BCUT2D eigenvalue weighted by molar-refractivity contribution is 0.0691. The van der Waals surface area contributed by atoms with E-state index in [4.69, 9.17) is 5.11 Å². The van der Waals surface area contributed by atoms with E-state index in [1.807, 2.05) is 13.2 Å². The fraction of sp³-hybridized carbons (Fsp3) is 0.222. The Balaban J connectivity index is 2.69. The van der Waals surface area contributed by atoms with Crippen molar-refractivity contribution in [3.63, 3.8) is 0 Å². The number of thioether (sulfide) groups is 1. The highest BCUT2D eigenvalue weighted by molar-refractivity contribution is 7.98. The average Bonchev–Trinajstić information content (AvgIpc) is 2.61. The van der Waals surface area contributed by atoms with Gasteiger partial charge in [-0.3, -0.25) is 4.40 Å². The summed E-state index contributed by atoms with van der Waals surface area (Å²) in [6.07, 6.45) is 3.39. The van der Waals surface area contributed by atoms with Gasteiger partial charge in [0, 0.05) is 12.3 Å². The summed E-state index contributed by atoms with van der Waals surface area (Å²) in [6, 6.07) is 1.77. The molecule has 5 nitrogen and oxygen atoms in total. The van der Waals surface area contributed by atoms with Crippen molar-refractivity contribution in [1.82, 2.24) is 14.4 Å². The number of fused-ring (bicyclic) bond motifs is 1. The molecule has 0 atom stereocenters. The van der Waals surface area contributed by atoms with E-state index in [1.54, 1.807) is 10.5 Å². The molecule has 0 aliphatic rings. The van der Waals surface area contributed by atoms with Gasteiger partial charge >= 0.3 is 5.97 Å². The molecule has 2 heterocycles. The van der Waals surface area contributed by atoms with Crippen LogP contribution in [0.4, 0.5) is 0 Å². The molecular weight excluding hydrogens is 214 g/mol. The van der Waals surface area contributed by atoms with Gasteiger partial charge in [0.25, 0.3) is 0 Å². The lowest BCUT2D eigenvalue weighted by Gasteiger charge is -2.00. The number of aromatic carboxylic acids is 1. The molecule has 0 saturated carbocycles. The summed E-state index contributed by atoms with van der Waals surface area (Å²) < 4.78 is 1.67. The second-order valence-corrected chi connectivity index (χ2v) is 3.83. The molecule has 15 heavy (non-hydrogen) atoms. The summed E-state index contributed by atoms with van der Waals surface area (Å²) in [6.45, 7) is 1.82. The van der Waals surface area contributed by atoms with E-state index in [-0.39, 0.29) is 5.69 Å². The second-order valence-electron chi connectivity index (χ2n) is 3.01. The van der Waals surface area contributed by atoms with E-state index in [9.17, 15) is 4.79 Å². The average molecular weight is 223 g/mol. The van der Waals surface area contributed by atoms with Crippen LogP contribution in [-0.4, -0.2) is 31.7 Å². The summed E-state index contributed by atoms with van der Waals surface area (Å²) in [4.78, 5) is 19.0. The quantitative estimate of drug-likeness (QED) is 0.616. The molecule has 2 aromatic rings. The molecule has 0 fully saturated rings. The van der Waals surface area contributed by atoms with Crippen LogP contribution in [0.3, 0.4) is 0 Å². The first-order chi connectivity index (χ1) is 7.11. The smallest absolute Gasteiger partial charge is 0.356 e. The molecule has 0 spiro atoms. The third-order valence-electron chi connectivity index (χ3n) is 2.03. The number of carboxylic acids is 1. The maximum absolute atomic E-state index is 10.7. The molecule has 0 aliphatic heterocycles. The fourth-order valence-electron chi connectivity index (χ4n) is 1.32. The Kier molecular flexibility index (Phi) is 2.36.